The first kappa shape index (κ1) is 73.4. The van der Waals surface area contributed by atoms with Crippen molar-refractivity contribution in [3.05, 3.63) is 33.1 Å². The molecule has 1 aliphatic heterocycles. The Kier molecular flexibility index (Phi) is 20.0. The molecule has 5 atom stereocenters. The number of phosphoric acid groups is 1. The van der Waals surface area contributed by atoms with Gasteiger partial charge in [0.2, 0.25) is 0 Å². The zero-order chi connectivity index (χ0) is 65.3. The molecule has 48 heteroatoms. The van der Waals surface area contributed by atoms with Crippen molar-refractivity contribution in [1.29, 1.82) is 0 Å². The van der Waals surface area contributed by atoms with E-state index in [9.17, 15) is 178 Å². The topological polar surface area (TPSA) is 172 Å². The second-order valence-electron chi connectivity index (χ2n) is 16.4. The maximum absolute atomic E-state index is 14.7. The van der Waals surface area contributed by atoms with Crippen molar-refractivity contribution >= 4 is 19.8 Å². The van der Waals surface area contributed by atoms with Crippen LogP contribution in [0.25, 0.3) is 0 Å². The number of hydrogen-bond acceptors (Lipinski definition) is 10. The van der Waals surface area contributed by atoms with Crippen molar-refractivity contribution in [2.45, 2.75) is 159 Å². The average Bonchev–Trinajstić information content (AvgIpc) is 3.62. The largest absolute Gasteiger partial charge is 0.472 e. The number of carbonyl (C=O) groups excluding carboxylic acids is 2. The van der Waals surface area contributed by atoms with Crippen LogP contribution in [0.15, 0.2) is 21.9 Å². The fourth-order valence-corrected chi connectivity index (χ4v) is 6.84. The highest BCUT2D eigenvalue weighted by atomic mass is 31.2. The van der Waals surface area contributed by atoms with Gasteiger partial charge in [-0.15, -0.1) is 0 Å². The van der Waals surface area contributed by atoms with Crippen molar-refractivity contribution < 1.29 is 192 Å². The molecule has 1 aromatic heterocycles. The number of carbonyl (C=O) groups is 2. The third-order valence-corrected chi connectivity index (χ3v) is 11.7. The third-order valence-electron chi connectivity index (χ3n) is 10.7. The van der Waals surface area contributed by atoms with Crippen LogP contribution in [0.3, 0.4) is 0 Å². The molecule has 1 fully saturated rings. The summed E-state index contributed by atoms with van der Waals surface area (Å²) in [5.74, 6) is -127. The number of phosphoric ester groups is 1. The number of halogens is 34. The van der Waals surface area contributed by atoms with Crippen molar-refractivity contribution in [2.75, 3.05) is 13.2 Å². The van der Waals surface area contributed by atoms with E-state index in [2.05, 4.69) is 18.5 Å². The Morgan fingerprint density at radius 2 is 0.841 bits per heavy atom. The van der Waals surface area contributed by atoms with Gasteiger partial charge in [-0.05, 0) is 6.42 Å². The van der Waals surface area contributed by atoms with Crippen LogP contribution in [0.1, 0.15) is 45.3 Å². The van der Waals surface area contributed by atoms with Gasteiger partial charge in [0.25, 0.3) is 5.56 Å². The molecule has 0 bridgehead atoms. The van der Waals surface area contributed by atoms with E-state index < -0.39 is 190 Å². The van der Waals surface area contributed by atoms with Gasteiger partial charge in [0.15, 0.2) is 18.4 Å². The van der Waals surface area contributed by atoms with Crippen LogP contribution in [0.2, 0.25) is 0 Å². The number of aromatic nitrogens is 2. The van der Waals surface area contributed by atoms with Gasteiger partial charge in [0, 0.05) is 25.1 Å². The molecule has 1 saturated heterocycles. The number of ether oxygens (including phenoxy) is 3. The molecule has 2 heterocycles. The highest BCUT2D eigenvalue weighted by molar-refractivity contribution is 7.47. The Labute approximate surface area is 426 Å². The number of aromatic amines is 1. The predicted octanol–water partition coefficient (Wildman–Crippen LogP) is 11.4. The first-order valence-electron chi connectivity index (χ1n) is 20.3. The van der Waals surface area contributed by atoms with Gasteiger partial charge in [-0.1, -0.05) is 6.92 Å². The molecule has 1 aliphatic rings. The van der Waals surface area contributed by atoms with Crippen molar-refractivity contribution in [3.8, 4) is 0 Å². The van der Waals surface area contributed by atoms with E-state index in [4.69, 9.17) is 4.74 Å². The Balaban J connectivity index is 2.73. The summed E-state index contributed by atoms with van der Waals surface area (Å²) >= 11 is 0. The van der Waals surface area contributed by atoms with E-state index in [1.54, 1.807) is 0 Å². The minimum Gasteiger partial charge on any atom is -0.455 e. The highest BCUT2D eigenvalue weighted by Gasteiger charge is 2.97. The van der Waals surface area contributed by atoms with E-state index in [-0.39, 0.29) is 23.3 Å². The number of rotatable bonds is 27. The maximum Gasteiger partial charge on any atom is 0.472 e. The summed E-state index contributed by atoms with van der Waals surface area (Å²) in [6.07, 6.45) is -42.3. The van der Waals surface area contributed by atoms with Crippen LogP contribution in [-0.4, -0.2) is 153 Å². The van der Waals surface area contributed by atoms with Crippen molar-refractivity contribution in [3.63, 3.8) is 0 Å². The molecule has 0 spiro atoms. The zero-order valence-electron chi connectivity index (χ0n) is 38.2. The van der Waals surface area contributed by atoms with Gasteiger partial charge in [0.1, 0.15) is 6.10 Å². The maximum atomic E-state index is 14.7. The lowest BCUT2D eigenvalue weighted by Gasteiger charge is -2.42. The summed E-state index contributed by atoms with van der Waals surface area (Å²) in [4.78, 5) is 61.2. The van der Waals surface area contributed by atoms with Crippen LogP contribution in [0, 0.1) is 0 Å². The molecule has 0 radical (unpaired) electrons. The smallest absolute Gasteiger partial charge is 0.455 e. The highest BCUT2D eigenvalue weighted by Crippen LogP contribution is 2.66. The first-order chi connectivity index (χ1) is 35.9. The van der Waals surface area contributed by atoms with Crippen LogP contribution < -0.4 is 11.2 Å². The lowest BCUT2D eigenvalue weighted by atomic mass is 9.88. The van der Waals surface area contributed by atoms with E-state index in [0.29, 0.717) is 0 Å². The van der Waals surface area contributed by atoms with Gasteiger partial charge in [-0.3, -0.25) is 33.0 Å². The monoisotopic (exact) mass is 1310 g/mol. The number of H-pyrrole nitrogens is 1. The minimum atomic E-state index is -9.16. The predicted molar refractivity (Wildman–Crippen MR) is 187 cm³/mol. The molecule has 0 saturated carbocycles. The minimum absolute atomic E-state index is 0.110. The molecular weight excluding hydrogens is 1290 g/mol. The van der Waals surface area contributed by atoms with Gasteiger partial charge >= 0.3 is 121 Å². The van der Waals surface area contributed by atoms with Gasteiger partial charge < -0.3 is 19.1 Å². The Morgan fingerprint density at radius 3 is 1.16 bits per heavy atom. The lowest BCUT2D eigenvalue weighted by molar-refractivity contribution is -0.461. The number of nitrogens with zero attached hydrogens (tertiary/aromatic N) is 1. The Hall–Kier alpha value is -4.69. The second kappa shape index (κ2) is 22.3. The molecule has 1 aromatic rings. The molecule has 13 nitrogen and oxygen atoms in total. The van der Waals surface area contributed by atoms with Gasteiger partial charge in [-0.2, -0.15) is 149 Å². The van der Waals surface area contributed by atoms with E-state index in [1.807, 2.05) is 0 Å². The summed E-state index contributed by atoms with van der Waals surface area (Å²) in [5.41, 5.74) is -3.47. The zero-order valence-corrected chi connectivity index (χ0v) is 39.1. The van der Waals surface area contributed by atoms with Crippen LogP contribution in [0.4, 0.5) is 149 Å². The SMILES string of the molecule is CCCOP(=O)(O)OC[C@H]1O[C@@H](n2ccc(=O)[nH]c2=O)[C@H](OC(=O)CCC(F)(F)C(F)(F)C(F)(F)C(F)(F)C(F)(F)C(F)(F)C(F)(F)C(F)(F)F)[C@@H]1OC(=O)CCC(F)(F)C(F)(F)C(F)(F)C(F)(F)C(F)(F)C(F)(F)C(F)(F)C(F)(F)F. The van der Waals surface area contributed by atoms with Crippen molar-refractivity contribution in [2.24, 2.45) is 0 Å². The fourth-order valence-electron chi connectivity index (χ4n) is 6.02. The molecule has 0 aliphatic carbocycles. The summed E-state index contributed by atoms with van der Waals surface area (Å²) in [5, 5.41) is 0. The van der Waals surface area contributed by atoms with Crippen molar-refractivity contribution in [1.82, 2.24) is 9.55 Å². The molecule has 82 heavy (non-hydrogen) atoms. The Morgan fingerprint density at radius 1 is 0.524 bits per heavy atom. The second-order valence-corrected chi connectivity index (χ2v) is 17.8. The first-order valence-corrected chi connectivity index (χ1v) is 21.8. The molecule has 0 aromatic carbocycles. The molecule has 480 valence electrons. The molecular formula is C34H25F34N2O11P. The molecule has 2 rings (SSSR count). The third kappa shape index (κ3) is 12.1. The lowest BCUT2D eigenvalue weighted by Crippen LogP contribution is -2.74. The molecule has 0 amide bonds. The number of nitrogens with one attached hydrogen (secondary N) is 1. The van der Waals surface area contributed by atoms with E-state index in [0.717, 1.165) is 0 Å². The summed E-state index contributed by atoms with van der Waals surface area (Å²) in [6.45, 7) is -1.54. The van der Waals surface area contributed by atoms with Crippen LogP contribution in [-0.2, 0) is 37.4 Å². The quantitative estimate of drug-likeness (QED) is 0.0488. The van der Waals surface area contributed by atoms with Crippen LogP contribution >= 0.6 is 7.82 Å². The summed E-state index contributed by atoms with van der Waals surface area (Å²) in [6, 6.07) is 0.178. The summed E-state index contributed by atoms with van der Waals surface area (Å²) < 4.78 is 503. The van der Waals surface area contributed by atoms with E-state index >= 15 is 0 Å². The summed E-state index contributed by atoms with van der Waals surface area (Å²) in [7, 11) is -5.61. The number of esters is 2. The standard InChI is InChI=1S/C34H25F34N2O11P/c1-2-9-77-82(75,76)78-10-11-15(80-13(72)3-6-19(35,36)21(39,40)23(43,44)25(47,48)27(51,52)29(55,56)31(59,60)33(63,64)65)16(17(79-11)70-8-5-12(71)69-18(70)74)81-14(73)4-7-20(37,38)22(41,42)24(45,46)26(49,50)28(53,54)30(57,58)32(61,62)34(66,67)68/h5,8,11,15-17H,2-4,6-7,9-10H2,1H3,(H,75,76)(H,69,71,74)/t11-,15-,16-,17-/m1/s1. The normalized spacial score (nSPS) is 20.4. The average molecular weight is 1310 g/mol. The van der Waals surface area contributed by atoms with Gasteiger partial charge in [-0.25, -0.2) is 9.36 Å². The molecule has 2 N–H and O–H groups in total. The van der Waals surface area contributed by atoms with Crippen LogP contribution in [0.5, 0.6) is 0 Å². The fraction of sp³-hybridized carbons (Fsp3) is 0.824. The number of alkyl halides is 34. The molecule has 1 unspecified atom stereocenters. The van der Waals surface area contributed by atoms with E-state index in [1.165, 1.54) is 11.9 Å². The van der Waals surface area contributed by atoms with Gasteiger partial charge in [0.05, 0.1) is 26.1 Å². The number of hydrogen-bond donors (Lipinski definition) is 2. The Bertz CT molecular complexity index is 2620.